The fourth-order valence-electron chi connectivity index (χ4n) is 1.66. The summed E-state index contributed by atoms with van der Waals surface area (Å²) in [5, 5.41) is 3.71. The monoisotopic (exact) mass is 253 g/mol. The predicted octanol–water partition coefficient (Wildman–Crippen LogP) is 2.37. The van der Waals surface area contributed by atoms with E-state index in [2.05, 4.69) is 29.6 Å². The van der Waals surface area contributed by atoms with Crippen LogP contribution >= 0.6 is 0 Å². The zero-order valence-corrected chi connectivity index (χ0v) is 11.6. The van der Waals surface area contributed by atoms with Gasteiger partial charge in [0.15, 0.2) is 0 Å². The van der Waals surface area contributed by atoms with Gasteiger partial charge in [0.1, 0.15) is 0 Å². The maximum atomic E-state index is 11.1. The zero-order chi connectivity index (χ0) is 12.5. The van der Waals surface area contributed by atoms with E-state index in [1.54, 1.807) is 6.26 Å². The highest BCUT2D eigenvalue weighted by Gasteiger charge is 2.04. The third-order valence-corrected chi connectivity index (χ3v) is 4.33. The van der Waals surface area contributed by atoms with Crippen molar-refractivity contribution in [1.82, 2.24) is 5.32 Å². The van der Waals surface area contributed by atoms with Crippen LogP contribution in [0.3, 0.4) is 0 Å². The van der Waals surface area contributed by atoms with Crippen LogP contribution in [0, 0.1) is 0 Å². The summed E-state index contributed by atoms with van der Waals surface area (Å²) in [6.07, 6.45) is 5.06. The fourth-order valence-corrected chi connectivity index (χ4v) is 2.11. The minimum atomic E-state index is -0.687. The van der Waals surface area contributed by atoms with Crippen molar-refractivity contribution in [3.63, 3.8) is 0 Å². The molecule has 0 heterocycles. The van der Waals surface area contributed by atoms with E-state index in [-0.39, 0.29) is 0 Å². The third-order valence-electron chi connectivity index (χ3n) is 2.96. The van der Waals surface area contributed by atoms with Crippen LogP contribution in [0.25, 0.3) is 0 Å². The summed E-state index contributed by atoms with van der Waals surface area (Å²) >= 11 is 0. The molecule has 1 rings (SSSR count). The first-order valence-corrected chi connectivity index (χ1v) is 7.89. The average molecular weight is 253 g/mol. The summed E-state index contributed by atoms with van der Waals surface area (Å²) in [5.74, 6) is 0. The number of nitrogens with one attached hydrogen (secondary N) is 1. The normalized spacial score (nSPS) is 14.5. The van der Waals surface area contributed by atoms with Crippen molar-refractivity contribution in [3.05, 3.63) is 35.9 Å². The Kier molecular flexibility index (Phi) is 7.13. The molecule has 1 aromatic carbocycles. The van der Waals surface area contributed by atoms with Crippen LogP contribution in [0.1, 0.15) is 25.3 Å². The minimum Gasteiger partial charge on any atom is -0.317 e. The summed E-state index contributed by atoms with van der Waals surface area (Å²) < 4.78 is 11.1. The Morgan fingerprint density at radius 2 is 1.94 bits per heavy atom. The molecule has 1 aromatic rings. The van der Waals surface area contributed by atoms with Crippen LogP contribution in [0.15, 0.2) is 30.3 Å². The molecule has 1 N–H and O–H groups in total. The number of benzene rings is 1. The summed E-state index contributed by atoms with van der Waals surface area (Å²) in [7, 11) is -0.687. The van der Waals surface area contributed by atoms with Crippen molar-refractivity contribution in [2.75, 3.05) is 19.3 Å². The van der Waals surface area contributed by atoms with Gasteiger partial charge in [0.2, 0.25) is 0 Å². The lowest BCUT2D eigenvalue weighted by Crippen LogP contribution is -2.22. The standard InChI is InChI=1S/C14H23NOS/c1-13(17(2)16)10-12-15-11-6-9-14-7-4-3-5-8-14/h3-5,7-8,13,15H,6,9-12H2,1-2H3. The van der Waals surface area contributed by atoms with Gasteiger partial charge < -0.3 is 5.32 Å². The Morgan fingerprint density at radius 1 is 1.24 bits per heavy atom. The van der Waals surface area contributed by atoms with E-state index in [1.165, 1.54) is 5.56 Å². The topological polar surface area (TPSA) is 29.1 Å². The Bertz CT molecular complexity index is 326. The predicted molar refractivity (Wildman–Crippen MR) is 75.8 cm³/mol. The fraction of sp³-hybridized carbons (Fsp3) is 0.571. The van der Waals surface area contributed by atoms with Gasteiger partial charge in [-0.25, -0.2) is 0 Å². The molecule has 0 aliphatic rings. The average Bonchev–Trinajstić information content (AvgIpc) is 2.34. The number of hydrogen-bond donors (Lipinski definition) is 1. The van der Waals surface area contributed by atoms with Gasteiger partial charge in [-0.3, -0.25) is 4.21 Å². The lowest BCUT2D eigenvalue weighted by molar-refractivity contribution is 0.611. The van der Waals surface area contributed by atoms with E-state index in [1.807, 2.05) is 13.0 Å². The molecule has 0 saturated heterocycles. The van der Waals surface area contributed by atoms with Crippen molar-refractivity contribution < 1.29 is 4.21 Å². The highest BCUT2D eigenvalue weighted by atomic mass is 32.2. The largest absolute Gasteiger partial charge is 0.317 e. The van der Waals surface area contributed by atoms with Gasteiger partial charge in [-0.1, -0.05) is 37.3 Å². The molecule has 0 bridgehead atoms. The first-order valence-electron chi connectivity index (χ1n) is 6.27. The molecule has 0 saturated carbocycles. The second-order valence-corrected chi connectivity index (χ2v) is 6.24. The number of rotatable bonds is 8. The molecular weight excluding hydrogens is 230 g/mol. The molecule has 2 unspecified atom stereocenters. The second-order valence-electron chi connectivity index (χ2n) is 4.44. The van der Waals surface area contributed by atoms with Crippen LogP contribution in [0.5, 0.6) is 0 Å². The highest BCUT2D eigenvalue weighted by Crippen LogP contribution is 2.01. The molecule has 96 valence electrons. The van der Waals surface area contributed by atoms with Gasteiger partial charge in [0.25, 0.3) is 0 Å². The second kappa shape index (κ2) is 8.43. The molecule has 0 aliphatic carbocycles. The van der Waals surface area contributed by atoms with Crippen molar-refractivity contribution in [1.29, 1.82) is 0 Å². The highest BCUT2D eigenvalue weighted by molar-refractivity contribution is 7.84. The summed E-state index contributed by atoms with van der Waals surface area (Å²) in [6.45, 7) is 4.05. The van der Waals surface area contributed by atoms with E-state index in [0.717, 1.165) is 32.4 Å². The lowest BCUT2D eigenvalue weighted by atomic mass is 10.1. The molecular formula is C14H23NOS. The Hall–Kier alpha value is -0.670. The molecule has 2 atom stereocenters. The maximum Gasteiger partial charge on any atom is 0.0329 e. The van der Waals surface area contributed by atoms with Crippen molar-refractivity contribution in [3.8, 4) is 0 Å². The SMILES string of the molecule is CC(CCNCCCc1ccccc1)S(C)=O. The Morgan fingerprint density at radius 3 is 2.59 bits per heavy atom. The smallest absolute Gasteiger partial charge is 0.0329 e. The molecule has 17 heavy (non-hydrogen) atoms. The van der Waals surface area contributed by atoms with Gasteiger partial charge in [-0.15, -0.1) is 0 Å². The molecule has 0 fully saturated rings. The van der Waals surface area contributed by atoms with Crippen molar-refractivity contribution in [2.45, 2.75) is 31.4 Å². The zero-order valence-electron chi connectivity index (χ0n) is 10.8. The van der Waals surface area contributed by atoms with Crippen LogP contribution in [0.4, 0.5) is 0 Å². The van der Waals surface area contributed by atoms with Gasteiger partial charge >= 0.3 is 0 Å². The molecule has 2 nitrogen and oxygen atoms in total. The van der Waals surface area contributed by atoms with Crippen LogP contribution < -0.4 is 5.32 Å². The molecule has 0 aliphatic heterocycles. The molecule has 0 amide bonds. The third kappa shape index (κ3) is 6.59. The van der Waals surface area contributed by atoms with Crippen molar-refractivity contribution in [2.24, 2.45) is 0 Å². The molecule has 0 aromatic heterocycles. The van der Waals surface area contributed by atoms with Crippen LogP contribution in [-0.2, 0) is 17.2 Å². The Balaban J connectivity index is 2.00. The first-order chi connectivity index (χ1) is 8.20. The Labute approximate surface area is 107 Å². The molecule has 0 spiro atoms. The van der Waals surface area contributed by atoms with E-state index in [4.69, 9.17) is 0 Å². The summed E-state index contributed by atoms with van der Waals surface area (Å²) in [6, 6.07) is 10.6. The van der Waals surface area contributed by atoms with E-state index < -0.39 is 10.8 Å². The van der Waals surface area contributed by atoms with E-state index in [9.17, 15) is 4.21 Å². The summed E-state index contributed by atoms with van der Waals surface area (Å²) in [4.78, 5) is 0. The molecule has 0 radical (unpaired) electrons. The maximum absolute atomic E-state index is 11.1. The van der Waals surface area contributed by atoms with Crippen LogP contribution in [-0.4, -0.2) is 28.8 Å². The van der Waals surface area contributed by atoms with Crippen molar-refractivity contribution >= 4 is 10.8 Å². The molecule has 3 heteroatoms. The van der Waals surface area contributed by atoms with E-state index in [0.29, 0.717) is 5.25 Å². The van der Waals surface area contributed by atoms with Gasteiger partial charge in [0.05, 0.1) is 0 Å². The van der Waals surface area contributed by atoms with Gasteiger partial charge in [0, 0.05) is 22.3 Å². The lowest BCUT2D eigenvalue weighted by Gasteiger charge is -2.09. The minimum absolute atomic E-state index is 0.302. The van der Waals surface area contributed by atoms with E-state index >= 15 is 0 Å². The summed E-state index contributed by atoms with van der Waals surface area (Å²) in [5.41, 5.74) is 1.40. The number of aryl methyl sites for hydroxylation is 1. The quantitative estimate of drug-likeness (QED) is 0.721. The number of hydrogen-bond acceptors (Lipinski definition) is 2. The van der Waals surface area contributed by atoms with Gasteiger partial charge in [-0.05, 0) is 37.9 Å². The van der Waals surface area contributed by atoms with Crippen LogP contribution in [0.2, 0.25) is 0 Å². The van der Waals surface area contributed by atoms with Gasteiger partial charge in [-0.2, -0.15) is 0 Å². The first kappa shape index (κ1) is 14.4.